The third kappa shape index (κ3) is 10.5. The summed E-state index contributed by atoms with van der Waals surface area (Å²) in [5.41, 5.74) is 2.80. The van der Waals surface area contributed by atoms with Crippen molar-refractivity contribution in [3.8, 4) is 5.75 Å². The molecule has 50 heavy (non-hydrogen) atoms. The quantitative estimate of drug-likeness (QED) is 0.0619. The van der Waals surface area contributed by atoms with E-state index < -0.39 is 24.1 Å². The van der Waals surface area contributed by atoms with Gasteiger partial charge < -0.3 is 32.7 Å². The molecule has 0 saturated carbocycles. The third-order valence-corrected chi connectivity index (χ3v) is 11.0. The first-order valence-corrected chi connectivity index (χ1v) is 19.8. The van der Waals surface area contributed by atoms with E-state index in [-0.39, 0.29) is 12.2 Å². The van der Waals surface area contributed by atoms with Gasteiger partial charge in [0.1, 0.15) is 17.5 Å². The zero-order valence-corrected chi connectivity index (χ0v) is 31.4. The zero-order chi connectivity index (χ0) is 35.5. The first kappa shape index (κ1) is 38.3. The van der Waals surface area contributed by atoms with Gasteiger partial charge in [0.2, 0.25) is 0 Å². The Kier molecular flexibility index (Phi) is 13.8. The molecule has 4 aromatic rings. The Morgan fingerprint density at radius 3 is 1.90 bits per heavy atom. The number of hydrogen-bond acceptors (Lipinski definition) is 8. The topological polar surface area (TPSA) is 76.6 Å². The highest BCUT2D eigenvalue weighted by molar-refractivity contribution is 8.09. The van der Waals surface area contributed by atoms with Gasteiger partial charge in [-0.2, -0.15) is 0 Å². The summed E-state index contributed by atoms with van der Waals surface area (Å²) >= 11 is 6.03. The Hall–Kier alpha value is -2.95. The third-order valence-electron chi connectivity index (χ3n) is 8.09. The minimum absolute atomic E-state index is 0.165. The Labute approximate surface area is 302 Å². The first-order valence-electron chi connectivity index (χ1n) is 17.1. The second-order valence-electron chi connectivity index (χ2n) is 13.2. The predicted octanol–water partition coefficient (Wildman–Crippen LogP) is 8.56. The van der Waals surface area contributed by atoms with Crippen molar-refractivity contribution in [2.75, 3.05) is 40.1 Å². The Morgan fingerprint density at radius 2 is 1.38 bits per heavy atom. The lowest BCUT2D eigenvalue weighted by Crippen LogP contribution is -2.34. The number of hydrogen-bond donors (Lipinski definition) is 1. The molecule has 8 nitrogen and oxygen atoms in total. The summed E-state index contributed by atoms with van der Waals surface area (Å²) in [5.74, 6) is 0.790. The Bertz CT molecular complexity index is 1520. The number of methoxy groups -OCH3 is 1. The van der Waals surface area contributed by atoms with E-state index in [1.54, 1.807) is 7.11 Å². The monoisotopic (exact) mass is 719 g/mol. The summed E-state index contributed by atoms with van der Waals surface area (Å²) in [5, 5.41) is 3.37. The SMILES string of the molecule is COc1ccc(C2OCC(COCCNP(=S)(OC(C)CCOC(c3ccccc3)(c3ccccc3)c3ccccc3)OC(C)(C)C)O2)cc1. The van der Waals surface area contributed by atoms with E-state index in [0.29, 0.717) is 39.4 Å². The van der Waals surface area contributed by atoms with Gasteiger partial charge >= 0.3 is 0 Å². The van der Waals surface area contributed by atoms with Crippen LogP contribution in [0.25, 0.3) is 0 Å². The highest BCUT2D eigenvalue weighted by Crippen LogP contribution is 2.49. The molecule has 0 amide bonds. The van der Waals surface area contributed by atoms with Gasteiger partial charge in [-0.3, -0.25) is 0 Å². The van der Waals surface area contributed by atoms with Crippen molar-refractivity contribution in [1.82, 2.24) is 5.09 Å². The average Bonchev–Trinajstić information content (AvgIpc) is 3.59. The number of rotatable bonds is 18. The van der Waals surface area contributed by atoms with Crippen LogP contribution in [0.5, 0.6) is 5.75 Å². The fraction of sp³-hybridized carbons (Fsp3) is 0.400. The Balaban J connectivity index is 1.16. The van der Waals surface area contributed by atoms with Crippen molar-refractivity contribution in [3.63, 3.8) is 0 Å². The maximum absolute atomic E-state index is 6.97. The van der Waals surface area contributed by atoms with Crippen LogP contribution >= 0.6 is 6.64 Å². The van der Waals surface area contributed by atoms with Crippen molar-refractivity contribution in [2.24, 2.45) is 0 Å². The van der Waals surface area contributed by atoms with Crippen LogP contribution < -0.4 is 9.82 Å². The molecule has 0 bridgehead atoms. The molecular weight excluding hydrogens is 669 g/mol. The van der Waals surface area contributed by atoms with Crippen LogP contribution in [-0.2, 0) is 45.4 Å². The smallest absolute Gasteiger partial charge is 0.262 e. The van der Waals surface area contributed by atoms with Crippen LogP contribution in [0.4, 0.5) is 0 Å². The minimum Gasteiger partial charge on any atom is -0.497 e. The van der Waals surface area contributed by atoms with Gasteiger partial charge in [0, 0.05) is 12.1 Å². The molecule has 268 valence electrons. The van der Waals surface area contributed by atoms with Crippen LogP contribution in [0.2, 0.25) is 0 Å². The summed E-state index contributed by atoms with van der Waals surface area (Å²) in [4.78, 5) is 0. The van der Waals surface area contributed by atoms with Gasteiger partial charge in [-0.1, -0.05) is 103 Å². The number of nitrogens with one attached hydrogen (secondary N) is 1. The van der Waals surface area contributed by atoms with Crippen molar-refractivity contribution in [1.29, 1.82) is 0 Å². The Morgan fingerprint density at radius 1 is 0.820 bits per heavy atom. The van der Waals surface area contributed by atoms with Gasteiger partial charge in [0.15, 0.2) is 6.29 Å². The van der Waals surface area contributed by atoms with Gasteiger partial charge in [-0.25, -0.2) is 5.09 Å². The summed E-state index contributed by atoms with van der Waals surface area (Å²) in [7, 11) is 1.64. The molecule has 1 N–H and O–H groups in total. The van der Waals surface area contributed by atoms with Crippen molar-refractivity contribution < 1.29 is 32.7 Å². The summed E-state index contributed by atoms with van der Waals surface area (Å²) in [6, 6.07) is 38.8. The molecule has 1 aliphatic rings. The maximum Gasteiger partial charge on any atom is 0.262 e. The lowest BCUT2D eigenvalue weighted by Gasteiger charge is -2.36. The van der Waals surface area contributed by atoms with Crippen LogP contribution in [-0.4, -0.2) is 57.9 Å². The highest BCUT2D eigenvalue weighted by atomic mass is 32.5. The molecule has 0 aliphatic carbocycles. The fourth-order valence-corrected chi connectivity index (χ4v) is 9.06. The second-order valence-corrected chi connectivity index (χ2v) is 16.4. The van der Waals surface area contributed by atoms with Gasteiger partial charge in [0.25, 0.3) is 6.64 Å². The summed E-state index contributed by atoms with van der Waals surface area (Å²) in [6.07, 6.45) is -0.221. The average molecular weight is 720 g/mol. The molecule has 4 atom stereocenters. The molecule has 0 aromatic heterocycles. The molecular formula is C40H50NO7PS. The van der Waals surface area contributed by atoms with Crippen molar-refractivity contribution in [2.45, 2.75) is 63.8 Å². The minimum atomic E-state index is -2.89. The predicted molar refractivity (Wildman–Crippen MR) is 201 cm³/mol. The zero-order valence-electron chi connectivity index (χ0n) is 29.7. The lowest BCUT2D eigenvalue weighted by molar-refractivity contribution is -0.0734. The number of benzene rings is 4. The van der Waals surface area contributed by atoms with Crippen LogP contribution in [0.1, 0.15) is 62.7 Å². The van der Waals surface area contributed by atoms with Crippen LogP contribution in [0, 0.1) is 0 Å². The van der Waals surface area contributed by atoms with Gasteiger partial charge in [-0.15, -0.1) is 0 Å². The lowest BCUT2D eigenvalue weighted by atomic mass is 9.80. The molecule has 0 spiro atoms. The van der Waals surface area contributed by atoms with E-state index in [4.69, 9.17) is 44.5 Å². The first-order chi connectivity index (χ1) is 24.1. The molecule has 4 unspecified atom stereocenters. The van der Waals surface area contributed by atoms with Crippen LogP contribution in [0.15, 0.2) is 115 Å². The standard InChI is InChI=1S/C40H50NO7PS/c1-31(25-27-45-40(33-15-9-6-10-16-33,34-17-11-7-12-18-34)35-19-13-8-14-20-35)47-49(50,48-39(2,3)4)41-26-28-43-29-37-30-44-38(46-37)32-21-23-36(42-5)24-22-32/h6-24,31,37-38H,25-30H2,1-5H3,(H,41,50). The molecule has 10 heteroatoms. The van der Waals surface area contributed by atoms with E-state index in [9.17, 15) is 0 Å². The highest BCUT2D eigenvalue weighted by Gasteiger charge is 2.38. The molecule has 1 fully saturated rings. The normalized spacial score (nSPS) is 18.4. The van der Waals surface area contributed by atoms with Crippen LogP contribution in [0.3, 0.4) is 0 Å². The largest absolute Gasteiger partial charge is 0.497 e. The fourth-order valence-electron chi connectivity index (χ4n) is 5.83. The van der Waals surface area contributed by atoms with E-state index in [1.807, 2.05) is 107 Å². The van der Waals surface area contributed by atoms with Crippen molar-refractivity contribution in [3.05, 3.63) is 138 Å². The molecule has 5 rings (SSSR count). The number of ether oxygens (including phenoxy) is 5. The van der Waals surface area contributed by atoms with E-state index >= 15 is 0 Å². The molecule has 4 aromatic carbocycles. The second kappa shape index (κ2) is 18.0. The van der Waals surface area contributed by atoms with E-state index in [0.717, 1.165) is 28.0 Å². The molecule has 0 radical (unpaired) electrons. The van der Waals surface area contributed by atoms with Gasteiger partial charge in [0.05, 0.1) is 45.2 Å². The van der Waals surface area contributed by atoms with Crippen molar-refractivity contribution >= 4 is 18.4 Å². The van der Waals surface area contributed by atoms with Gasteiger partial charge in [-0.05, 0) is 74.7 Å². The molecule has 1 heterocycles. The molecule has 1 aliphatic heterocycles. The molecule has 1 saturated heterocycles. The van der Waals surface area contributed by atoms with E-state index in [1.165, 1.54) is 0 Å². The maximum atomic E-state index is 6.97. The van der Waals surface area contributed by atoms with E-state index in [2.05, 4.69) is 41.5 Å². The summed E-state index contributed by atoms with van der Waals surface area (Å²) in [6.45, 7) is 7.22. The summed E-state index contributed by atoms with van der Waals surface area (Å²) < 4.78 is 42.9.